The Bertz CT molecular complexity index is 545. The van der Waals surface area contributed by atoms with Crippen LogP contribution in [0.1, 0.15) is 66.7 Å². The van der Waals surface area contributed by atoms with Gasteiger partial charge in [-0.25, -0.2) is 4.79 Å². The number of hydrogen-bond donors (Lipinski definition) is 0. The molecule has 0 unspecified atom stereocenters. The van der Waals surface area contributed by atoms with E-state index in [4.69, 9.17) is 4.84 Å². The van der Waals surface area contributed by atoms with Crippen LogP contribution in [0.5, 0.6) is 0 Å². The summed E-state index contributed by atoms with van der Waals surface area (Å²) in [7, 11) is 0. The van der Waals surface area contributed by atoms with E-state index in [1.165, 1.54) is 0 Å². The van der Waals surface area contributed by atoms with Gasteiger partial charge in [-0.1, -0.05) is 50.3 Å². The number of carbonyl (C=O) groups excluding carboxylic acids is 3. The van der Waals surface area contributed by atoms with Gasteiger partial charge in [0.2, 0.25) is 0 Å². The van der Waals surface area contributed by atoms with E-state index in [-0.39, 0.29) is 17.5 Å². The van der Waals surface area contributed by atoms with Gasteiger partial charge in [0.15, 0.2) is 0 Å². The van der Waals surface area contributed by atoms with Gasteiger partial charge >= 0.3 is 5.97 Å². The normalized spacial score (nSPS) is 13.7. The molecule has 0 fully saturated rings. The molecule has 0 radical (unpaired) electrons. The second-order valence-corrected chi connectivity index (χ2v) is 5.91. The molecule has 0 aliphatic carbocycles. The summed E-state index contributed by atoms with van der Waals surface area (Å²) in [4.78, 5) is 40.8. The molecule has 1 aliphatic heterocycles. The second kappa shape index (κ2) is 7.20. The van der Waals surface area contributed by atoms with Crippen LogP contribution in [0.25, 0.3) is 0 Å². The number of amides is 2. The standard InChI is InChI=1S/C17H21NO4/c1-12(2)8-4-3-5-11-15(19)22-18-16(20)13-9-6-7-10-14(13)17(18)21/h6-7,9-10,12H,3-5,8,11H2,1-2H3. The molecule has 118 valence electrons. The predicted molar refractivity (Wildman–Crippen MR) is 81.0 cm³/mol. The molecule has 22 heavy (non-hydrogen) atoms. The molecule has 1 aliphatic rings. The number of hydrogen-bond acceptors (Lipinski definition) is 4. The highest BCUT2D eigenvalue weighted by Gasteiger charge is 2.38. The van der Waals surface area contributed by atoms with Gasteiger partial charge in [0, 0.05) is 6.42 Å². The fourth-order valence-electron chi connectivity index (χ4n) is 2.40. The van der Waals surface area contributed by atoms with E-state index in [0.717, 1.165) is 19.3 Å². The molecule has 1 aromatic carbocycles. The molecule has 0 bridgehead atoms. The Morgan fingerprint density at radius 1 is 1.05 bits per heavy atom. The lowest BCUT2D eigenvalue weighted by Crippen LogP contribution is -2.32. The minimum atomic E-state index is -0.575. The Morgan fingerprint density at radius 3 is 2.18 bits per heavy atom. The summed E-state index contributed by atoms with van der Waals surface area (Å²) in [6, 6.07) is 6.44. The first-order chi connectivity index (χ1) is 10.5. The quantitative estimate of drug-likeness (QED) is 0.572. The Hall–Kier alpha value is -2.17. The third-order valence-corrected chi connectivity index (χ3v) is 3.61. The summed E-state index contributed by atoms with van der Waals surface area (Å²) in [5.74, 6) is -1.04. The van der Waals surface area contributed by atoms with E-state index in [1.807, 2.05) is 0 Å². The Labute approximate surface area is 130 Å². The van der Waals surface area contributed by atoms with Crippen molar-refractivity contribution >= 4 is 17.8 Å². The van der Waals surface area contributed by atoms with Crippen molar-refractivity contribution in [3.05, 3.63) is 35.4 Å². The smallest absolute Gasteiger partial charge is 0.330 e. The van der Waals surface area contributed by atoms with Gasteiger partial charge in [-0.15, -0.1) is 0 Å². The van der Waals surface area contributed by atoms with Crippen LogP contribution in [0.3, 0.4) is 0 Å². The molecule has 0 atom stereocenters. The highest BCUT2D eigenvalue weighted by atomic mass is 16.7. The zero-order chi connectivity index (χ0) is 16.1. The van der Waals surface area contributed by atoms with Gasteiger partial charge in [-0.2, -0.15) is 0 Å². The molecule has 5 nitrogen and oxygen atoms in total. The molecule has 0 spiro atoms. The van der Waals surface area contributed by atoms with E-state index < -0.39 is 17.8 Å². The van der Waals surface area contributed by atoms with Crippen molar-refractivity contribution in [3.8, 4) is 0 Å². The summed E-state index contributed by atoms with van der Waals surface area (Å²) in [6.45, 7) is 4.33. The largest absolute Gasteiger partial charge is 0.333 e. The number of rotatable bonds is 7. The Balaban J connectivity index is 1.81. The van der Waals surface area contributed by atoms with Gasteiger partial charge in [0.1, 0.15) is 0 Å². The first kappa shape index (κ1) is 16.2. The van der Waals surface area contributed by atoms with E-state index in [1.54, 1.807) is 24.3 Å². The zero-order valence-electron chi connectivity index (χ0n) is 13.0. The van der Waals surface area contributed by atoms with Gasteiger partial charge in [-0.3, -0.25) is 9.59 Å². The van der Waals surface area contributed by atoms with Crippen molar-refractivity contribution in [2.75, 3.05) is 0 Å². The maximum atomic E-state index is 12.0. The van der Waals surface area contributed by atoms with E-state index >= 15 is 0 Å². The minimum absolute atomic E-state index is 0.214. The zero-order valence-corrected chi connectivity index (χ0v) is 13.0. The summed E-state index contributed by atoms with van der Waals surface area (Å²) in [5, 5.41) is 0.571. The molecule has 5 heteroatoms. The van der Waals surface area contributed by atoms with Gasteiger partial charge in [-0.05, 0) is 24.5 Å². The lowest BCUT2D eigenvalue weighted by Gasteiger charge is -2.12. The first-order valence-electron chi connectivity index (χ1n) is 7.69. The highest BCUT2D eigenvalue weighted by molar-refractivity contribution is 6.20. The van der Waals surface area contributed by atoms with Crippen LogP contribution in [0.2, 0.25) is 0 Å². The monoisotopic (exact) mass is 303 g/mol. The van der Waals surface area contributed by atoms with Crippen molar-refractivity contribution in [2.24, 2.45) is 5.92 Å². The number of imide groups is 1. The molecule has 1 aromatic rings. The molecule has 0 saturated carbocycles. The van der Waals surface area contributed by atoms with Crippen molar-refractivity contribution in [1.29, 1.82) is 0 Å². The molecule has 0 saturated heterocycles. The number of nitrogens with zero attached hydrogens (tertiary/aromatic N) is 1. The molecule has 0 N–H and O–H groups in total. The van der Waals surface area contributed by atoms with Crippen LogP contribution in [-0.2, 0) is 9.63 Å². The van der Waals surface area contributed by atoms with Crippen LogP contribution in [0.4, 0.5) is 0 Å². The second-order valence-electron chi connectivity index (χ2n) is 5.91. The lowest BCUT2D eigenvalue weighted by molar-refractivity contribution is -0.168. The average Bonchev–Trinajstić information content (AvgIpc) is 2.72. The average molecular weight is 303 g/mol. The van der Waals surface area contributed by atoms with E-state index in [9.17, 15) is 14.4 Å². The topological polar surface area (TPSA) is 63.7 Å². The predicted octanol–water partition coefficient (Wildman–Crippen LogP) is 3.35. The fourth-order valence-corrected chi connectivity index (χ4v) is 2.40. The highest BCUT2D eigenvalue weighted by Crippen LogP contribution is 2.23. The molecule has 0 aromatic heterocycles. The van der Waals surface area contributed by atoms with E-state index in [2.05, 4.69) is 13.8 Å². The number of fused-ring (bicyclic) bond motifs is 1. The first-order valence-corrected chi connectivity index (χ1v) is 7.69. The molecule has 1 heterocycles. The molecular weight excluding hydrogens is 282 g/mol. The van der Waals surface area contributed by atoms with Gasteiger partial charge in [0.05, 0.1) is 11.1 Å². The minimum Gasteiger partial charge on any atom is -0.330 e. The maximum absolute atomic E-state index is 12.0. The summed E-state index contributed by atoms with van der Waals surface area (Å²) >= 11 is 0. The molecule has 2 amide bonds. The summed E-state index contributed by atoms with van der Waals surface area (Å²) < 4.78 is 0. The van der Waals surface area contributed by atoms with Crippen molar-refractivity contribution in [1.82, 2.24) is 5.06 Å². The molecular formula is C17H21NO4. The van der Waals surface area contributed by atoms with Crippen LogP contribution in [0.15, 0.2) is 24.3 Å². The van der Waals surface area contributed by atoms with Crippen LogP contribution in [-0.4, -0.2) is 22.8 Å². The number of hydroxylamine groups is 2. The summed E-state index contributed by atoms with van der Waals surface area (Å²) in [6.07, 6.45) is 4.06. The van der Waals surface area contributed by atoms with Gasteiger partial charge < -0.3 is 4.84 Å². The summed E-state index contributed by atoms with van der Waals surface area (Å²) in [5.41, 5.74) is 0.550. The number of unbranched alkanes of at least 4 members (excludes halogenated alkanes) is 2. The SMILES string of the molecule is CC(C)CCCCCC(=O)ON1C(=O)c2ccccc2C1=O. The third-order valence-electron chi connectivity index (χ3n) is 3.61. The van der Waals surface area contributed by atoms with Crippen LogP contribution >= 0.6 is 0 Å². The lowest BCUT2D eigenvalue weighted by atomic mass is 10.0. The van der Waals surface area contributed by atoms with Crippen LogP contribution < -0.4 is 0 Å². The molecule has 2 rings (SSSR count). The third kappa shape index (κ3) is 3.72. The van der Waals surface area contributed by atoms with E-state index in [0.29, 0.717) is 17.4 Å². The van der Waals surface area contributed by atoms with Crippen molar-refractivity contribution < 1.29 is 19.2 Å². The van der Waals surface area contributed by atoms with Crippen molar-refractivity contribution in [3.63, 3.8) is 0 Å². The van der Waals surface area contributed by atoms with Crippen molar-refractivity contribution in [2.45, 2.75) is 46.0 Å². The van der Waals surface area contributed by atoms with Gasteiger partial charge in [0.25, 0.3) is 11.8 Å². The maximum Gasteiger partial charge on any atom is 0.333 e. The Morgan fingerprint density at radius 2 is 1.64 bits per heavy atom. The number of carbonyl (C=O) groups is 3. The Kier molecular flexibility index (Phi) is 5.31. The van der Waals surface area contributed by atoms with Crippen LogP contribution in [0, 0.1) is 5.92 Å². The fraction of sp³-hybridized carbons (Fsp3) is 0.471. The number of benzene rings is 1.